The van der Waals surface area contributed by atoms with Crippen LogP contribution in [0.25, 0.3) is 0 Å². The minimum atomic E-state index is 0. The second kappa shape index (κ2) is 13.2. The highest BCUT2D eigenvalue weighted by Gasteiger charge is 2.08. The maximum atomic E-state index is 6.06. The Balaban J connectivity index is 0.00000392. The van der Waals surface area contributed by atoms with Gasteiger partial charge in [-0.05, 0) is 44.0 Å². The molecule has 1 aromatic heterocycles. The van der Waals surface area contributed by atoms with Crippen LogP contribution in [0.3, 0.4) is 0 Å². The van der Waals surface area contributed by atoms with Gasteiger partial charge in [0, 0.05) is 25.4 Å². The van der Waals surface area contributed by atoms with Gasteiger partial charge in [0.05, 0.1) is 18.8 Å². The van der Waals surface area contributed by atoms with Gasteiger partial charge in [-0.2, -0.15) is 0 Å². The molecule has 2 N–H and O–H groups in total. The van der Waals surface area contributed by atoms with Crippen molar-refractivity contribution in [2.75, 3.05) is 20.2 Å². The number of nitrogens with zero attached hydrogens (tertiary/aromatic N) is 2. The minimum absolute atomic E-state index is 0. The van der Waals surface area contributed by atoms with Crippen LogP contribution in [0.2, 0.25) is 0 Å². The third-order valence-corrected chi connectivity index (χ3v) is 4.09. The molecule has 0 bridgehead atoms. The summed E-state index contributed by atoms with van der Waals surface area (Å²) in [5.41, 5.74) is 2.29. The van der Waals surface area contributed by atoms with Crippen molar-refractivity contribution in [3.63, 3.8) is 0 Å². The molecule has 0 spiro atoms. The molecule has 2 rings (SSSR count). The number of aryl methyl sites for hydroxylation is 1. The van der Waals surface area contributed by atoms with Crippen LogP contribution in [-0.4, -0.2) is 37.2 Å². The molecule has 0 saturated heterocycles. The van der Waals surface area contributed by atoms with Gasteiger partial charge in [-0.25, -0.2) is 0 Å². The summed E-state index contributed by atoms with van der Waals surface area (Å²) in [6.45, 7) is 8.08. The number of aliphatic imine (C=N–C) groups is 1. The Labute approximate surface area is 185 Å². The largest absolute Gasteiger partial charge is 0.490 e. The topological polar surface area (TPSA) is 67.8 Å². The number of aromatic nitrogens is 1. The molecule has 1 unspecified atom stereocenters. The molecule has 0 aliphatic carbocycles. The highest BCUT2D eigenvalue weighted by Crippen LogP contribution is 2.22. The first kappa shape index (κ1) is 24.0. The van der Waals surface area contributed by atoms with Crippen LogP contribution in [0, 0.1) is 6.92 Å². The number of benzene rings is 1. The first-order valence-electron chi connectivity index (χ1n) is 9.36. The number of rotatable bonds is 9. The van der Waals surface area contributed by atoms with Gasteiger partial charge in [-0.3, -0.25) is 9.98 Å². The number of guanidine groups is 1. The molecule has 28 heavy (non-hydrogen) atoms. The van der Waals surface area contributed by atoms with E-state index in [2.05, 4.69) is 59.6 Å². The molecule has 0 radical (unpaired) electrons. The molecule has 0 fully saturated rings. The highest BCUT2D eigenvalue weighted by atomic mass is 127. The van der Waals surface area contributed by atoms with E-state index in [0.29, 0.717) is 19.7 Å². The average Bonchev–Trinajstić information content (AvgIpc) is 2.69. The molecule has 0 aliphatic rings. The van der Waals surface area contributed by atoms with Gasteiger partial charge >= 0.3 is 0 Å². The molecule has 0 aliphatic heterocycles. The summed E-state index contributed by atoms with van der Waals surface area (Å²) in [4.78, 5) is 8.28. The maximum absolute atomic E-state index is 6.06. The monoisotopic (exact) mass is 498 g/mol. The van der Waals surface area contributed by atoms with E-state index in [4.69, 9.17) is 9.47 Å². The lowest BCUT2D eigenvalue weighted by molar-refractivity contribution is 0.215. The fourth-order valence-corrected chi connectivity index (χ4v) is 2.39. The molecular formula is C21H31IN4O2. The Bertz CT molecular complexity index is 726. The summed E-state index contributed by atoms with van der Waals surface area (Å²) in [5.74, 6) is 2.40. The normalized spacial score (nSPS) is 11.9. The quantitative estimate of drug-likeness (QED) is 0.238. The van der Waals surface area contributed by atoms with E-state index in [1.54, 1.807) is 19.4 Å². The molecule has 7 heteroatoms. The fourth-order valence-electron chi connectivity index (χ4n) is 2.39. The lowest BCUT2D eigenvalue weighted by Crippen LogP contribution is -2.39. The molecule has 2 aromatic rings. The van der Waals surface area contributed by atoms with Gasteiger partial charge in [0.25, 0.3) is 0 Å². The van der Waals surface area contributed by atoms with Gasteiger partial charge in [0.1, 0.15) is 18.1 Å². The van der Waals surface area contributed by atoms with Crippen molar-refractivity contribution in [1.29, 1.82) is 0 Å². The number of halogens is 1. The van der Waals surface area contributed by atoms with Crippen molar-refractivity contribution in [2.24, 2.45) is 4.99 Å². The van der Waals surface area contributed by atoms with Crippen LogP contribution in [0.1, 0.15) is 31.4 Å². The number of nitrogens with one attached hydrogen (secondary N) is 2. The molecule has 1 heterocycles. The van der Waals surface area contributed by atoms with E-state index in [1.165, 1.54) is 5.56 Å². The molecule has 6 nitrogen and oxygen atoms in total. The number of ether oxygens (including phenoxy) is 2. The maximum Gasteiger partial charge on any atom is 0.191 e. The van der Waals surface area contributed by atoms with E-state index in [9.17, 15) is 0 Å². The molecule has 154 valence electrons. The van der Waals surface area contributed by atoms with Gasteiger partial charge in [-0.15, -0.1) is 24.0 Å². The zero-order chi connectivity index (χ0) is 19.5. The van der Waals surface area contributed by atoms with Crippen LogP contribution < -0.4 is 20.1 Å². The summed E-state index contributed by atoms with van der Waals surface area (Å²) >= 11 is 0. The fraction of sp³-hybridized carbons (Fsp3) is 0.429. The lowest BCUT2D eigenvalue weighted by Gasteiger charge is -2.18. The van der Waals surface area contributed by atoms with Crippen molar-refractivity contribution in [3.05, 3.63) is 53.9 Å². The first-order valence-corrected chi connectivity index (χ1v) is 9.36. The Morgan fingerprint density at radius 1 is 1.25 bits per heavy atom. The van der Waals surface area contributed by atoms with E-state index >= 15 is 0 Å². The van der Waals surface area contributed by atoms with Gasteiger partial charge in [-0.1, -0.05) is 19.1 Å². The Morgan fingerprint density at radius 2 is 2.07 bits per heavy atom. The average molecular weight is 498 g/mol. The summed E-state index contributed by atoms with van der Waals surface area (Å²) in [5, 5.41) is 6.57. The van der Waals surface area contributed by atoms with Crippen molar-refractivity contribution in [1.82, 2.24) is 15.6 Å². The van der Waals surface area contributed by atoms with E-state index in [0.717, 1.165) is 29.4 Å². The Hall–Kier alpha value is -2.03. The van der Waals surface area contributed by atoms with E-state index in [-0.39, 0.29) is 30.1 Å². The summed E-state index contributed by atoms with van der Waals surface area (Å²) in [6.07, 6.45) is 4.58. The number of pyridine rings is 1. The second-order valence-corrected chi connectivity index (χ2v) is 6.34. The number of hydrogen-bond acceptors (Lipinski definition) is 4. The first-order chi connectivity index (χ1) is 13.1. The Morgan fingerprint density at radius 3 is 2.75 bits per heavy atom. The lowest BCUT2D eigenvalue weighted by atomic mass is 10.1. The zero-order valence-corrected chi connectivity index (χ0v) is 19.4. The molecule has 0 amide bonds. The second-order valence-electron chi connectivity index (χ2n) is 6.34. The van der Waals surface area contributed by atoms with Crippen LogP contribution in [0.4, 0.5) is 0 Å². The van der Waals surface area contributed by atoms with Crippen molar-refractivity contribution >= 4 is 29.9 Å². The minimum Gasteiger partial charge on any atom is -0.490 e. The van der Waals surface area contributed by atoms with Crippen LogP contribution in [0.5, 0.6) is 11.5 Å². The predicted octanol–water partition coefficient (Wildman–Crippen LogP) is 3.93. The van der Waals surface area contributed by atoms with Crippen molar-refractivity contribution in [2.45, 2.75) is 39.8 Å². The third kappa shape index (κ3) is 8.33. The standard InChI is InChI=1S/C21H30N4O2.HI/c1-5-17(3)27-20-13-16(2)8-9-18(20)14-25-21(22-4)24-11-12-26-19-7-6-10-23-15-19;/h6-10,13,15,17H,5,11-12,14H2,1-4H3,(H2,22,24,25);1H. The zero-order valence-electron chi connectivity index (χ0n) is 17.1. The Kier molecular flexibility index (Phi) is 11.3. The number of hydrogen-bond donors (Lipinski definition) is 2. The predicted molar refractivity (Wildman–Crippen MR) is 125 cm³/mol. The van der Waals surface area contributed by atoms with Crippen LogP contribution in [-0.2, 0) is 6.54 Å². The van der Waals surface area contributed by atoms with Gasteiger partial charge in [0.15, 0.2) is 5.96 Å². The van der Waals surface area contributed by atoms with Gasteiger partial charge < -0.3 is 20.1 Å². The van der Waals surface area contributed by atoms with Crippen molar-refractivity contribution in [3.8, 4) is 11.5 Å². The molecule has 1 atom stereocenters. The van der Waals surface area contributed by atoms with E-state index < -0.39 is 0 Å². The highest BCUT2D eigenvalue weighted by molar-refractivity contribution is 14.0. The van der Waals surface area contributed by atoms with Crippen molar-refractivity contribution < 1.29 is 9.47 Å². The molecular weight excluding hydrogens is 467 g/mol. The van der Waals surface area contributed by atoms with Crippen LogP contribution in [0.15, 0.2) is 47.7 Å². The summed E-state index contributed by atoms with van der Waals surface area (Å²) in [7, 11) is 1.75. The summed E-state index contributed by atoms with van der Waals surface area (Å²) in [6, 6.07) is 10.0. The smallest absolute Gasteiger partial charge is 0.191 e. The SMILES string of the molecule is CCC(C)Oc1cc(C)ccc1CNC(=NC)NCCOc1cccnc1.I. The summed E-state index contributed by atoms with van der Waals surface area (Å²) < 4.78 is 11.7. The van der Waals surface area contributed by atoms with E-state index in [1.807, 2.05) is 12.1 Å². The molecule has 0 saturated carbocycles. The molecule has 1 aromatic carbocycles. The van der Waals surface area contributed by atoms with Gasteiger partial charge in [0.2, 0.25) is 0 Å². The third-order valence-electron chi connectivity index (χ3n) is 4.09. The van der Waals surface area contributed by atoms with Crippen LogP contribution >= 0.6 is 24.0 Å².